The maximum Gasteiger partial charge on any atom is 0.416 e. The van der Waals surface area contributed by atoms with E-state index in [9.17, 15) is 31.1 Å². The zero-order valence-corrected chi connectivity index (χ0v) is 18.2. The lowest BCUT2D eigenvalue weighted by molar-refractivity contribution is -0.143. The molecule has 1 amide bonds. The van der Waals surface area contributed by atoms with Gasteiger partial charge in [0.05, 0.1) is 16.8 Å². The minimum absolute atomic E-state index is 0.0318. The van der Waals surface area contributed by atoms with Crippen molar-refractivity contribution in [1.29, 1.82) is 0 Å². The van der Waals surface area contributed by atoms with E-state index in [1.54, 1.807) is 24.5 Å². The zero-order chi connectivity index (χ0) is 25.2. The second-order valence-corrected chi connectivity index (χ2v) is 8.08. The first-order chi connectivity index (χ1) is 16.5. The maximum absolute atomic E-state index is 13.0. The molecule has 0 aliphatic heterocycles. The molecule has 0 atom stereocenters. The van der Waals surface area contributed by atoms with E-state index in [0.29, 0.717) is 23.0 Å². The third-order valence-electron chi connectivity index (χ3n) is 4.72. The second-order valence-electron chi connectivity index (χ2n) is 7.22. The van der Waals surface area contributed by atoms with Crippen LogP contribution in [0, 0.1) is 0 Å². The first-order valence-corrected chi connectivity index (χ1v) is 10.7. The topological polar surface area (TPSA) is 66.9 Å². The molecule has 0 saturated carbocycles. The lowest BCUT2D eigenvalue weighted by Gasteiger charge is -2.14. The van der Waals surface area contributed by atoms with Crippen LogP contribution >= 0.6 is 11.3 Å². The fourth-order valence-corrected chi connectivity index (χ4v) is 3.78. The Kier molecular flexibility index (Phi) is 6.48. The number of alkyl halides is 6. The predicted molar refractivity (Wildman–Crippen MR) is 119 cm³/mol. The molecule has 0 fully saturated rings. The predicted octanol–water partition coefficient (Wildman–Crippen LogP) is 7.24. The molecule has 0 aliphatic carbocycles. The Morgan fingerprint density at radius 3 is 1.94 bits per heavy atom. The molecular weight excluding hydrogens is 494 g/mol. The largest absolute Gasteiger partial charge is 0.416 e. The second kappa shape index (κ2) is 9.37. The van der Waals surface area contributed by atoms with Crippen LogP contribution in [0.2, 0.25) is 0 Å². The zero-order valence-electron chi connectivity index (χ0n) is 17.4. The number of nitrogens with one attached hydrogen (secondary N) is 2. The monoisotopic (exact) mass is 508 g/mol. The smallest absolute Gasteiger partial charge is 0.332 e. The first-order valence-electron chi connectivity index (χ1n) is 9.83. The summed E-state index contributed by atoms with van der Waals surface area (Å²) in [6.45, 7) is 0. The number of benzene rings is 2. The number of carbonyl (C=O) groups excluding carboxylic acids is 1. The fourth-order valence-electron chi connectivity index (χ4n) is 3.04. The molecule has 4 rings (SSSR count). The Labute approximate surface area is 198 Å². The van der Waals surface area contributed by atoms with Crippen LogP contribution in [0.4, 0.5) is 42.8 Å². The van der Waals surface area contributed by atoms with Gasteiger partial charge in [0.1, 0.15) is 0 Å². The van der Waals surface area contributed by atoms with Crippen LogP contribution in [0.5, 0.6) is 0 Å². The van der Waals surface area contributed by atoms with Crippen LogP contribution in [-0.2, 0) is 12.4 Å². The number of carbonyl (C=O) groups is 1. The Bertz CT molecular complexity index is 1300. The molecule has 2 heterocycles. The number of aromatic nitrogens is 2. The number of pyridine rings is 1. The van der Waals surface area contributed by atoms with Crippen molar-refractivity contribution in [1.82, 2.24) is 9.97 Å². The van der Waals surface area contributed by atoms with Gasteiger partial charge in [0.25, 0.3) is 5.91 Å². The van der Waals surface area contributed by atoms with Crippen molar-refractivity contribution in [3.05, 3.63) is 89.1 Å². The molecule has 12 heteroatoms. The molecule has 180 valence electrons. The van der Waals surface area contributed by atoms with Gasteiger partial charge in [-0.2, -0.15) is 26.3 Å². The van der Waals surface area contributed by atoms with Crippen LogP contribution in [0.25, 0.3) is 11.3 Å². The van der Waals surface area contributed by atoms with Gasteiger partial charge in [0.2, 0.25) is 0 Å². The van der Waals surface area contributed by atoms with Crippen LogP contribution in [0.3, 0.4) is 0 Å². The van der Waals surface area contributed by atoms with E-state index >= 15 is 0 Å². The third kappa shape index (κ3) is 5.96. The number of hydrogen-bond acceptors (Lipinski definition) is 5. The highest BCUT2D eigenvalue weighted by molar-refractivity contribution is 7.14. The Morgan fingerprint density at radius 1 is 0.800 bits per heavy atom. The van der Waals surface area contributed by atoms with Crippen molar-refractivity contribution in [3.63, 3.8) is 0 Å². The van der Waals surface area contributed by atoms with E-state index in [0.717, 1.165) is 11.3 Å². The van der Waals surface area contributed by atoms with Gasteiger partial charge >= 0.3 is 12.4 Å². The van der Waals surface area contributed by atoms with Crippen molar-refractivity contribution >= 4 is 33.8 Å². The van der Waals surface area contributed by atoms with E-state index in [-0.39, 0.29) is 11.8 Å². The van der Waals surface area contributed by atoms with Crippen molar-refractivity contribution < 1.29 is 31.1 Å². The van der Waals surface area contributed by atoms with Crippen LogP contribution in [0.15, 0.2) is 72.4 Å². The number of nitrogens with zero attached hydrogens (tertiary/aromatic N) is 2. The molecule has 35 heavy (non-hydrogen) atoms. The summed E-state index contributed by atoms with van der Waals surface area (Å²) in [5, 5.41) is 7.85. The maximum atomic E-state index is 13.0. The minimum Gasteiger partial charge on any atom is -0.332 e. The summed E-state index contributed by atoms with van der Waals surface area (Å²) in [4.78, 5) is 20.8. The van der Waals surface area contributed by atoms with E-state index < -0.39 is 35.0 Å². The molecule has 0 radical (unpaired) electrons. The summed E-state index contributed by atoms with van der Waals surface area (Å²) in [5.41, 5.74) is -1.45. The van der Waals surface area contributed by atoms with Crippen LogP contribution in [0.1, 0.15) is 21.5 Å². The molecule has 0 unspecified atom stereocenters. The van der Waals surface area contributed by atoms with Crippen molar-refractivity contribution in [2.24, 2.45) is 0 Å². The summed E-state index contributed by atoms with van der Waals surface area (Å²) < 4.78 is 78.2. The molecule has 2 N–H and O–H groups in total. The normalized spacial score (nSPS) is 11.8. The lowest BCUT2D eigenvalue weighted by Crippen LogP contribution is -2.17. The van der Waals surface area contributed by atoms with Gasteiger partial charge in [-0.1, -0.05) is 0 Å². The average Bonchev–Trinajstić information content (AvgIpc) is 3.28. The third-order valence-corrected chi connectivity index (χ3v) is 5.48. The first kappa shape index (κ1) is 24.2. The molecule has 4 aromatic rings. The van der Waals surface area contributed by atoms with Crippen molar-refractivity contribution in [2.45, 2.75) is 12.4 Å². The molecule has 2 aromatic heterocycles. The highest BCUT2D eigenvalue weighted by atomic mass is 32.1. The molecule has 5 nitrogen and oxygen atoms in total. The molecule has 0 bridgehead atoms. The Balaban J connectivity index is 1.47. The van der Waals surface area contributed by atoms with Gasteiger partial charge in [-0.3, -0.25) is 9.78 Å². The number of thiazole rings is 1. The quantitative estimate of drug-likeness (QED) is 0.279. The van der Waals surface area contributed by atoms with Crippen LogP contribution < -0.4 is 10.6 Å². The van der Waals surface area contributed by atoms with Crippen LogP contribution in [-0.4, -0.2) is 15.9 Å². The van der Waals surface area contributed by atoms with Gasteiger partial charge < -0.3 is 10.6 Å². The average molecular weight is 508 g/mol. The summed E-state index contributed by atoms with van der Waals surface area (Å²) in [6, 6.07) is 10.4. The number of amides is 1. The summed E-state index contributed by atoms with van der Waals surface area (Å²) >= 11 is 1.36. The summed E-state index contributed by atoms with van der Waals surface area (Å²) in [5.74, 6) is -1.11. The highest BCUT2D eigenvalue weighted by Gasteiger charge is 2.37. The SMILES string of the molecule is O=C(Nc1ccc(Nc2nc(-c3ccncc3)cs2)cc1)c1cc(C(F)(F)F)cc(C(F)(F)F)c1. The van der Waals surface area contributed by atoms with Gasteiger partial charge in [-0.25, -0.2) is 4.98 Å². The highest BCUT2D eigenvalue weighted by Crippen LogP contribution is 2.36. The number of halogens is 6. The Hall–Kier alpha value is -3.93. The molecular formula is C23H14F6N4OS. The molecule has 2 aromatic carbocycles. The summed E-state index contributed by atoms with van der Waals surface area (Å²) in [7, 11) is 0. The van der Waals surface area contributed by atoms with E-state index in [2.05, 4.69) is 20.6 Å². The summed E-state index contributed by atoms with van der Waals surface area (Å²) in [6.07, 6.45) is -6.79. The van der Waals surface area contributed by atoms with Crippen molar-refractivity contribution in [2.75, 3.05) is 10.6 Å². The Morgan fingerprint density at radius 2 is 1.37 bits per heavy atom. The van der Waals surface area contributed by atoms with Gasteiger partial charge in [-0.05, 0) is 54.6 Å². The fraction of sp³-hybridized carbons (Fsp3) is 0.0870. The minimum atomic E-state index is -5.04. The number of rotatable bonds is 5. The molecule has 0 aliphatic rings. The van der Waals surface area contributed by atoms with Gasteiger partial charge in [0.15, 0.2) is 5.13 Å². The molecule has 0 spiro atoms. The van der Waals surface area contributed by atoms with E-state index in [4.69, 9.17) is 0 Å². The van der Waals surface area contributed by atoms with Gasteiger partial charge in [-0.15, -0.1) is 11.3 Å². The van der Waals surface area contributed by atoms with E-state index in [1.807, 2.05) is 17.5 Å². The lowest BCUT2D eigenvalue weighted by atomic mass is 10.0. The van der Waals surface area contributed by atoms with E-state index in [1.165, 1.54) is 23.5 Å². The number of anilines is 3. The number of hydrogen-bond donors (Lipinski definition) is 2. The van der Waals surface area contributed by atoms with Crippen molar-refractivity contribution in [3.8, 4) is 11.3 Å². The molecule has 0 saturated heterocycles. The standard InChI is InChI=1S/C23H14F6N4OS/c24-22(25,26)15-9-14(10-16(11-15)23(27,28)29)20(34)31-17-1-3-18(4-2-17)32-21-33-19(12-35-21)13-5-7-30-8-6-13/h1-12H,(H,31,34)(H,32,33). The van der Waals surface area contributed by atoms with Gasteiger partial charge in [0, 0.05) is 40.3 Å².